The van der Waals surface area contributed by atoms with E-state index < -0.39 is 21.1 Å². The van der Waals surface area contributed by atoms with Gasteiger partial charge in [-0.1, -0.05) is 6.92 Å². The van der Waals surface area contributed by atoms with Crippen LogP contribution in [0.5, 0.6) is 0 Å². The Morgan fingerprint density at radius 3 is 2.60 bits per heavy atom. The summed E-state index contributed by atoms with van der Waals surface area (Å²) in [4.78, 5) is 11.2. The lowest BCUT2D eigenvalue weighted by molar-refractivity contribution is -0.140. The summed E-state index contributed by atoms with van der Waals surface area (Å²) in [5, 5.41) is 3.56. The molecule has 20 heavy (non-hydrogen) atoms. The first-order chi connectivity index (χ1) is 9.33. The Hall–Kier alpha value is -1.37. The maximum atomic E-state index is 12.3. The normalized spacial score (nSPS) is 13.2. The smallest absolute Gasteiger partial charge is 0.306 e. The number of aromatic nitrogens is 2. The molecule has 1 rings (SSSR count). The Morgan fingerprint density at radius 1 is 1.45 bits per heavy atom. The van der Waals surface area contributed by atoms with Gasteiger partial charge in [0.1, 0.15) is 0 Å². The van der Waals surface area contributed by atoms with Crippen molar-refractivity contribution < 1.29 is 17.9 Å². The molecule has 0 saturated heterocycles. The minimum absolute atomic E-state index is 0.105. The van der Waals surface area contributed by atoms with Gasteiger partial charge in [-0.2, -0.15) is 5.10 Å². The number of ether oxygens (including phenoxy) is 1. The molecule has 1 heterocycles. The Labute approximate surface area is 120 Å². The topological polar surface area (TPSA) is 78.3 Å². The number of rotatable bonds is 7. The highest BCUT2D eigenvalue weighted by Gasteiger charge is 2.26. The summed E-state index contributed by atoms with van der Waals surface area (Å²) in [6, 6.07) is 1.81. The van der Waals surface area contributed by atoms with E-state index in [4.69, 9.17) is 0 Å². The Kier molecular flexibility index (Phi) is 5.74. The third-order valence-electron chi connectivity index (χ3n) is 3.22. The average Bonchev–Trinajstić information content (AvgIpc) is 2.79. The first-order valence-corrected chi connectivity index (χ1v) is 8.39. The van der Waals surface area contributed by atoms with Gasteiger partial charge in [-0.25, -0.2) is 8.42 Å². The van der Waals surface area contributed by atoms with Crippen molar-refractivity contribution in [2.24, 2.45) is 0 Å². The van der Waals surface area contributed by atoms with Crippen LogP contribution in [-0.2, 0) is 38.1 Å². The van der Waals surface area contributed by atoms with Crippen molar-refractivity contribution in [3.05, 3.63) is 17.5 Å². The molecule has 114 valence electrons. The zero-order valence-electron chi connectivity index (χ0n) is 12.4. The number of nitrogens with zero attached hydrogens (tertiary/aromatic N) is 2. The molecule has 0 aliphatic rings. The summed E-state index contributed by atoms with van der Waals surface area (Å²) >= 11 is 0. The largest absolute Gasteiger partial charge is 0.469 e. The molecule has 0 amide bonds. The van der Waals surface area contributed by atoms with Crippen molar-refractivity contribution in [1.82, 2.24) is 9.78 Å². The van der Waals surface area contributed by atoms with Gasteiger partial charge >= 0.3 is 5.97 Å². The van der Waals surface area contributed by atoms with Crippen LogP contribution in [0.4, 0.5) is 0 Å². The number of sulfone groups is 1. The Morgan fingerprint density at radius 2 is 2.10 bits per heavy atom. The fourth-order valence-corrected chi connectivity index (χ4v) is 3.19. The lowest BCUT2D eigenvalue weighted by Gasteiger charge is -2.12. The summed E-state index contributed by atoms with van der Waals surface area (Å²) in [5.41, 5.74) is 1.54. The summed E-state index contributed by atoms with van der Waals surface area (Å²) in [6.07, 6.45) is 0.636. The molecule has 0 aromatic carbocycles. The van der Waals surface area contributed by atoms with E-state index in [1.54, 1.807) is 4.68 Å². The van der Waals surface area contributed by atoms with Crippen LogP contribution >= 0.6 is 0 Å². The van der Waals surface area contributed by atoms with Crippen LogP contribution in [0.1, 0.15) is 38.6 Å². The SMILES string of the molecule is CCc1cc(CS(=O)(=O)C(C)CC(=O)OC)n(CC)n1. The molecule has 1 unspecified atom stereocenters. The third kappa shape index (κ3) is 4.06. The molecule has 0 spiro atoms. The van der Waals surface area contributed by atoms with Gasteiger partial charge in [0.15, 0.2) is 9.84 Å². The van der Waals surface area contributed by atoms with Crippen molar-refractivity contribution in [2.75, 3.05) is 7.11 Å². The van der Waals surface area contributed by atoms with Crippen molar-refractivity contribution in [3.8, 4) is 0 Å². The molecule has 7 heteroatoms. The summed E-state index contributed by atoms with van der Waals surface area (Å²) in [5.74, 6) is -0.620. The van der Waals surface area contributed by atoms with Crippen LogP contribution in [0, 0.1) is 0 Å². The summed E-state index contributed by atoms with van der Waals surface area (Å²) < 4.78 is 30.7. The zero-order chi connectivity index (χ0) is 15.3. The molecule has 1 atom stereocenters. The van der Waals surface area contributed by atoms with E-state index in [0.717, 1.165) is 12.1 Å². The molecule has 0 aliphatic carbocycles. The molecular weight excluding hydrogens is 280 g/mol. The molecule has 0 bridgehead atoms. The zero-order valence-corrected chi connectivity index (χ0v) is 13.2. The fourth-order valence-electron chi connectivity index (χ4n) is 1.87. The van der Waals surface area contributed by atoms with Crippen molar-refractivity contribution >= 4 is 15.8 Å². The lowest BCUT2D eigenvalue weighted by Crippen LogP contribution is -2.24. The minimum Gasteiger partial charge on any atom is -0.469 e. The third-order valence-corrected chi connectivity index (χ3v) is 5.31. The number of aryl methyl sites for hydroxylation is 2. The quantitative estimate of drug-likeness (QED) is 0.710. The van der Waals surface area contributed by atoms with Gasteiger partial charge < -0.3 is 4.74 Å². The molecule has 6 nitrogen and oxygen atoms in total. The minimum atomic E-state index is -3.41. The highest BCUT2D eigenvalue weighted by Crippen LogP contribution is 2.16. The number of hydrogen-bond acceptors (Lipinski definition) is 5. The van der Waals surface area contributed by atoms with Gasteiger partial charge in [-0.3, -0.25) is 9.48 Å². The van der Waals surface area contributed by atoms with E-state index in [9.17, 15) is 13.2 Å². The lowest BCUT2D eigenvalue weighted by atomic mass is 10.3. The molecule has 0 N–H and O–H groups in total. The van der Waals surface area contributed by atoms with Gasteiger partial charge in [-0.15, -0.1) is 0 Å². The molecule has 0 fully saturated rings. The molecule has 0 radical (unpaired) electrons. The van der Waals surface area contributed by atoms with Crippen molar-refractivity contribution in [3.63, 3.8) is 0 Å². The van der Waals surface area contributed by atoms with E-state index in [2.05, 4.69) is 9.84 Å². The molecular formula is C13H22N2O4S. The first-order valence-electron chi connectivity index (χ1n) is 6.68. The van der Waals surface area contributed by atoms with Gasteiger partial charge in [0, 0.05) is 6.54 Å². The van der Waals surface area contributed by atoms with E-state index in [1.165, 1.54) is 14.0 Å². The number of esters is 1. The Balaban J connectivity index is 2.90. The standard InChI is InChI=1S/C13H22N2O4S/c1-5-11-8-12(15(6-2)14-11)9-20(17,18)10(3)7-13(16)19-4/h8,10H,5-7,9H2,1-4H3. The van der Waals surface area contributed by atoms with E-state index >= 15 is 0 Å². The van der Waals surface area contributed by atoms with Crippen LogP contribution < -0.4 is 0 Å². The number of hydrogen-bond donors (Lipinski definition) is 0. The summed E-state index contributed by atoms with van der Waals surface area (Å²) in [6.45, 7) is 6.04. The van der Waals surface area contributed by atoms with Gasteiger partial charge in [0.2, 0.25) is 0 Å². The molecule has 1 aromatic heterocycles. The second-order valence-electron chi connectivity index (χ2n) is 4.69. The monoisotopic (exact) mass is 302 g/mol. The van der Waals surface area contributed by atoms with Gasteiger partial charge in [0.25, 0.3) is 0 Å². The average molecular weight is 302 g/mol. The molecule has 0 aliphatic heterocycles. The number of carbonyl (C=O) groups excluding carboxylic acids is 1. The first kappa shape index (κ1) is 16.7. The van der Waals surface area contributed by atoms with E-state index in [1.807, 2.05) is 19.9 Å². The van der Waals surface area contributed by atoms with E-state index in [0.29, 0.717) is 12.2 Å². The van der Waals surface area contributed by atoms with E-state index in [-0.39, 0.29) is 12.2 Å². The van der Waals surface area contributed by atoms with Gasteiger partial charge in [-0.05, 0) is 26.3 Å². The fraction of sp³-hybridized carbons (Fsp3) is 0.692. The van der Waals surface area contributed by atoms with Gasteiger partial charge in [0.05, 0.1) is 35.9 Å². The number of carbonyl (C=O) groups is 1. The molecule has 0 saturated carbocycles. The maximum Gasteiger partial charge on any atom is 0.306 e. The maximum absolute atomic E-state index is 12.3. The second kappa shape index (κ2) is 6.88. The highest BCUT2D eigenvalue weighted by molar-refractivity contribution is 7.91. The highest BCUT2D eigenvalue weighted by atomic mass is 32.2. The molecule has 1 aromatic rings. The van der Waals surface area contributed by atoms with Crippen LogP contribution in [0.2, 0.25) is 0 Å². The summed E-state index contributed by atoms with van der Waals surface area (Å²) in [7, 11) is -2.16. The van der Waals surface area contributed by atoms with Crippen LogP contribution in [0.25, 0.3) is 0 Å². The van der Waals surface area contributed by atoms with Crippen LogP contribution in [-0.4, -0.2) is 36.5 Å². The van der Waals surface area contributed by atoms with Crippen LogP contribution in [0.3, 0.4) is 0 Å². The number of methoxy groups -OCH3 is 1. The predicted molar refractivity (Wildman–Crippen MR) is 76.0 cm³/mol. The van der Waals surface area contributed by atoms with Crippen LogP contribution in [0.15, 0.2) is 6.07 Å². The van der Waals surface area contributed by atoms with Crippen molar-refractivity contribution in [2.45, 2.75) is 51.2 Å². The second-order valence-corrected chi connectivity index (χ2v) is 7.11. The predicted octanol–water partition coefficient (Wildman–Crippen LogP) is 1.33. The van der Waals surface area contributed by atoms with Crippen molar-refractivity contribution in [1.29, 1.82) is 0 Å². The Bertz CT molecular complexity index is 563.